The molecule has 0 aliphatic heterocycles. The van der Waals surface area contributed by atoms with Gasteiger partial charge in [-0.05, 0) is 25.3 Å². The van der Waals surface area contributed by atoms with Crippen molar-refractivity contribution >= 4 is 13.8 Å². The maximum absolute atomic E-state index is 12.6. The van der Waals surface area contributed by atoms with Crippen LogP contribution in [0.15, 0.2) is 12.3 Å². The lowest BCUT2D eigenvalue weighted by Gasteiger charge is -2.28. The van der Waals surface area contributed by atoms with Crippen LogP contribution in [0.2, 0.25) is 0 Å². The first-order chi connectivity index (χ1) is 23.6. The van der Waals surface area contributed by atoms with Crippen molar-refractivity contribution in [1.29, 1.82) is 0 Å². The van der Waals surface area contributed by atoms with Gasteiger partial charge in [-0.25, -0.2) is 0 Å². The number of quaternary nitrogens is 1. The van der Waals surface area contributed by atoms with Crippen LogP contribution in [0.25, 0.3) is 0 Å². The minimum absolute atomic E-state index is 0.0200. The molecule has 0 aromatic heterocycles. The third-order valence-electron chi connectivity index (χ3n) is 8.91. The van der Waals surface area contributed by atoms with E-state index in [0.717, 1.165) is 32.1 Å². The molecule has 0 aliphatic rings. The molecule has 2 atom stereocenters. The largest absolute Gasteiger partial charge is 0.756 e. The van der Waals surface area contributed by atoms with E-state index in [1.54, 1.807) is 6.26 Å². The maximum atomic E-state index is 12.6. The number of hydrogen-bond donors (Lipinski definition) is 0. The summed E-state index contributed by atoms with van der Waals surface area (Å²) in [4.78, 5) is 24.9. The van der Waals surface area contributed by atoms with Gasteiger partial charge >= 0.3 is 5.97 Å². The number of carbonyl (C=O) groups excluding carboxylic acids is 1. The van der Waals surface area contributed by atoms with Crippen LogP contribution in [-0.2, 0) is 27.9 Å². The molecule has 0 spiro atoms. The molecular formula is C40H80NO7P. The molecule has 0 radical (unpaired) electrons. The summed E-state index contributed by atoms with van der Waals surface area (Å²) in [7, 11) is 1.33. The van der Waals surface area contributed by atoms with Crippen LogP contribution in [0.4, 0.5) is 0 Å². The van der Waals surface area contributed by atoms with Gasteiger partial charge in [-0.2, -0.15) is 0 Å². The van der Waals surface area contributed by atoms with E-state index in [-0.39, 0.29) is 25.8 Å². The zero-order chi connectivity index (χ0) is 36.3. The average Bonchev–Trinajstić information content (AvgIpc) is 3.04. The van der Waals surface area contributed by atoms with Gasteiger partial charge in [0.15, 0.2) is 6.10 Å². The number of unbranched alkanes of at least 4 members (excludes halogenated alkanes) is 24. The van der Waals surface area contributed by atoms with E-state index in [1.165, 1.54) is 135 Å². The molecular weight excluding hydrogens is 637 g/mol. The number of likely N-dealkylation sites (N-methyl/N-ethyl adjacent to an activating group) is 1. The highest BCUT2D eigenvalue weighted by Crippen LogP contribution is 2.38. The van der Waals surface area contributed by atoms with E-state index in [4.69, 9.17) is 18.5 Å². The number of esters is 1. The van der Waals surface area contributed by atoms with Gasteiger partial charge in [0, 0.05) is 6.42 Å². The van der Waals surface area contributed by atoms with Gasteiger partial charge in [0.05, 0.1) is 34.0 Å². The highest BCUT2D eigenvalue weighted by molar-refractivity contribution is 7.45. The molecule has 9 heteroatoms. The number of rotatable bonds is 38. The smallest absolute Gasteiger partial charge is 0.306 e. The van der Waals surface area contributed by atoms with Crippen molar-refractivity contribution in [2.75, 3.05) is 47.5 Å². The van der Waals surface area contributed by atoms with Crippen LogP contribution in [0.5, 0.6) is 0 Å². The second-order valence-corrected chi connectivity index (χ2v) is 16.5. The predicted octanol–water partition coefficient (Wildman–Crippen LogP) is 11.2. The fourth-order valence-electron chi connectivity index (χ4n) is 5.69. The third kappa shape index (κ3) is 38.1. The molecule has 0 aromatic rings. The molecule has 0 saturated heterocycles. The summed E-state index contributed by atoms with van der Waals surface area (Å²) in [5.74, 6) is -0.354. The number of nitrogens with zero attached hydrogens (tertiary/aromatic N) is 1. The first kappa shape index (κ1) is 48.1. The van der Waals surface area contributed by atoms with E-state index in [1.807, 2.05) is 27.2 Å². The van der Waals surface area contributed by atoms with Gasteiger partial charge in [0.25, 0.3) is 7.82 Å². The molecule has 0 amide bonds. The molecule has 0 bridgehead atoms. The average molecular weight is 718 g/mol. The Hall–Kier alpha value is -0.920. The molecule has 0 aliphatic carbocycles. The summed E-state index contributed by atoms with van der Waals surface area (Å²) in [5.41, 5.74) is 0. The Morgan fingerprint density at radius 1 is 0.633 bits per heavy atom. The quantitative estimate of drug-likeness (QED) is 0.0206. The van der Waals surface area contributed by atoms with Crippen LogP contribution in [0.1, 0.15) is 187 Å². The van der Waals surface area contributed by atoms with Crippen molar-refractivity contribution < 1.29 is 37.3 Å². The number of carbonyl (C=O) groups is 1. The molecule has 49 heavy (non-hydrogen) atoms. The van der Waals surface area contributed by atoms with Gasteiger partial charge in [-0.15, -0.1) is 0 Å². The first-order valence-corrected chi connectivity index (χ1v) is 21.9. The lowest BCUT2D eigenvalue weighted by molar-refractivity contribution is -0.870. The van der Waals surface area contributed by atoms with E-state index in [9.17, 15) is 14.3 Å². The summed E-state index contributed by atoms with van der Waals surface area (Å²) in [6.07, 6.45) is 35.9. The molecule has 0 saturated carbocycles. The molecule has 0 fully saturated rings. The van der Waals surface area contributed by atoms with Crippen LogP contribution < -0.4 is 4.89 Å². The third-order valence-corrected chi connectivity index (χ3v) is 9.88. The monoisotopic (exact) mass is 718 g/mol. The Balaban J connectivity index is 4.31. The molecule has 0 rings (SSSR count). The van der Waals surface area contributed by atoms with E-state index < -0.39 is 13.9 Å². The lowest BCUT2D eigenvalue weighted by Crippen LogP contribution is -2.37. The Labute approximate surface area is 303 Å². The predicted molar refractivity (Wildman–Crippen MR) is 203 cm³/mol. The topological polar surface area (TPSA) is 94.1 Å². The Bertz CT molecular complexity index is 802. The number of ether oxygens (including phenoxy) is 2. The number of phosphoric acid groups is 1. The highest BCUT2D eigenvalue weighted by atomic mass is 31.2. The minimum Gasteiger partial charge on any atom is -0.756 e. The fraction of sp³-hybridized carbons (Fsp3) is 0.925. The standard InChI is InChI=1S/C40H80NO7P/c1-6-8-10-12-14-16-18-20-22-24-26-28-30-32-35-45-37-39(38-47-49(43,44)46-36-34-41(3,4)5)48-40(42)33-31-29-27-25-23-21-19-17-15-13-11-9-7-2/h32,35,39H,6-31,33-34,36-38H2,1-5H3/b35-32-/t39-/m1/s1. The molecule has 292 valence electrons. The van der Waals surface area contributed by atoms with Crippen molar-refractivity contribution in [1.82, 2.24) is 0 Å². The number of phosphoric ester groups is 1. The minimum atomic E-state index is -4.53. The van der Waals surface area contributed by atoms with Crippen molar-refractivity contribution in [3.63, 3.8) is 0 Å². The summed E-state index contributed by atoms with van der Waals surface area (Å²) in [5, 5.41) is 0. The van der Waals surface area contributed by atoms with Crippen LogP contribution >= 0.6 is 7.82 Å². The fourth-order valence-corrected chi connectivity index (χ4v) is 6.42. The summed E-state index contributed by atoms with van der Waals surface area (Å²) >= 11 is 0. The van der Waals surface area contributed by atoms with E-state index in [2.05, 4.69) is 13.8 Å². The second-order valence-electron chi connectivity index (χ2n) is 15.1. The highest BCUT2D eigenvalue weighted by Gasteiger charge is 2.20. The second kappa shape index (κ2) is 34.2. The first-order valence-electron chi connectivity index (χ1n) is 20.5. The lowest BCUT2D eigenvalue weighted by atomic mass is 10.0. The van der Waals surface area contributed by atoms with Crippen molar-refractivity contribution in [2.45, 2.75) is 193 Å². The Morgan fingerprint density at radius 3 is 1.51 bits per heavy atom. The normalized spacial score (nSPS) is 13.9. The van der Waals surface area contributed by atoms with Crippen LogP contribution in [0, 0.1) is 0 Å². The zero-order valence-electron chi connectivity index (χ0n) is 32.9. The van der Waals surface area contributed by atoms with Gasteiger partial charge < -0.3 is 27.9 Å². The van der Waals surface area contributed by atoms with Crippen LogP contribution in [0.3, 0.4) is 0 Å². The van der Waals surface area contributed by atoms with Gasteiger partial charge in [-0.3, -0.25) is 9.36 Å². The molecule has 0 aromatic carbocycles. The molecule has 0 heterocycles. The molecule has 0 N–H and O–H groups in total. The van der Waals surface area contributed by atoms with E-state index >= 15 is 0 Å². The maximum Gasteiger partial charge on any atom is 0.306 e. The van der Waals surface area contributed by atoms with Gasteiger partial charge in [0.1, 0.15) is 19.8 Å². The molecule has 1 unspecified atom stereocenters. The Morgan fingerprint density at radius 2 is 1.06 bits per heavy atom. The SMILES string of the molecule is CCCCCCCCCCCCCC/C=C\OC[C@H](COP(=O)([O-])OCC[N+](C)(C)C)OC(=O)CCCCCCCCCCCCCCC. The Kier molecular flexibility index (Phi) is 33.5. The summed E-state index contributed by atoms with van der Waals surface area (Å²) in [6, 6.07) is 0. The molecule has 8 nitrogen and oxygen atoms in total. The van der Waals surface area contributed by atoms with Crippen molar-refractivity contribution in [3.05, 3.63) is 12.3 Å². The number of hydrogen-bond acceptors (Lipinski definition) is 7. The summed E-state index contributed by atoms with van der Waals surface area (Å²) in [6.45, 7) is 4.75. The van der Waals surface area contributed by atoms with Crippen molar-refractivity contribution in [3.8, 4) is 0 Å². The summed E-state index contributed by atoms with van der Waals surface area (Å²) < 4.78 is 34.2. The van der Waals surface area contributed by atoms with E-state index in [0.29, 0.717) is 17.4 Å². The van der Waals surface area contributed by atoms with Crippen molar-refractivity contribution in [2.24, 2.45) is 0 Å². The van der Waals surface area contributed by atoms with Gasteiger partial charge in [0.2, 0.25) is 0 Å². The van der Waals surface area contributed by atoms with Gasteiger partial charge in [-0.1, -0.05) is 162 Å². The number of allylic oxidation sites excluding steroid dienone is 1. The van der Waals surface area contributed by atoms with Crippen LogP contribution in [-0.4, -0.2) is 64.1 Å². The zero-order valence-corrected chi connectivity index (χ0v) is 33.8.